The standard InChI is InChI=1S/C31H40N4/c1-22(2)35-19-28(13-23(3)30-16-32-21-33-17-30)31-10-9-25(15-29(31)20-35)14-24(4)34-12-11-26-7-5-6-8-27(26)18-34/h5-10,15-17,21-24,28H,11-14,18-20H2,1-4H3/t23-,24?,28?/m0/s1. The molecule has 2 aliphatic heterocycles. The first-order valence-electron chi connectivity index (χ1n) is 13.4. The second-order valence-electron chi connectivity index (χ2n) is 11.1. The second kappa shape index (κ2) is 10.6. The van der Waals surface area contributed by atoms with Gasteiger partial charge in [-0.3, -0.25) is 9.80 Å². The van der Waals surface area contributed by atoms with Gasteiger partial charge in [-0.1, -0.05) is 49.4 Å². The van der Waals surface area contributed by atoms with Crippen LogP contribution in [0.15, 0.2) is 61.2 Å². The van der Waals surface area contributed by atoms with Crippen LogP contribution in [-0.2, 0) is 25.9 Å². The van der Waals surface area contributed by atoms with Crippen LogP contribution in [0.1, 0.15) is 79.3 Å². The normalized spacial score (nSPS) is 20.3. The van der Waals surface area contributed by atoms with Gasteiger partial charge in [0.2, 0.25) is 0 Å². The van der Waals surface area contributed by atoms with E-state index >= 15 is 0 Å². The smallest absolute Gasteiger partial charge is 0.115 e. The number of hydrogen-bond donors (Lipinski definition) is 0. The molecule has 0 radical (unpaired) electrons. The zero-order valence-corrected chi connectivity index (χ0v) is 21.8. The first kappa shape index (κ1) is 24.1. The van der Waals surface area contributed by atoms with Crippen molar-refractivity contribution in [3.63, 3.8) is 0 Å². The van der Waals surface area contributed by atoms with E-state index in [0.717, 1.165) is 39.0 Å². The minimum atomic E-state index is 0.447. The van der Waals surface area contributed by atoms with Gasteiger partial charge in [0, 0.05) is 50.7 Å². The lowest BCUT2D eigenvalue weighted by atomic mass is 9.81. The van der Waals surface area contributed by atoms with Gasteiger partial charge in [-0.25, -0.2) is 9.97 Å². The molecule has 2 aliphatic rings. The summed E-state index contributed by atoms with van der Waals surface area (Å²) < 4.78 is 0. The molecule has 3 aromatic rings. The summed E-state index contributed by atoms with van der Waals surface area (Å²) in [5.41, 5.74) is 8.83. The van der Waals surface area contributed by atoms with Gasteiger partial charge in [-0.05, 0) is 85.3 Å². The number of hydrogen-bond acceptors (Lipinski definition) is 4. The van der Waals surface area contributed by atoms with Crippen LogP contribution < -0.4 is 0 Å². The van der Waals surface area contributed by atoms with Crippen LogP contribution in [-0.4, -0.2) is 44.9 Å². The van der Waals surface area contributed by atoms with Crippen molar-refractivity contribution in [2.24, 2.45) is 0 Å². The molecule has 4 heteroatoms. The van der Waals surface area contributed by atoms with E-state index in [0.29, 0.717) is 23.9 Å². The molecular weight excluding hydrogens is 428 g/mol. The van der Waals surface area contributed by atoms with Crippen LogP contribution in [0, 0.1) is 0 Å². The highest BCUT2D eigenvalue weighted by atomic mass is 15.2. The van der Waals surface area contributed by atoms with E-state index in [9.17, 15) is 0 Å². The predicted molar refractivity (Wildman–Crippen MR) is 144 cm³/mol. The lowest BCUT2D eigenvalue weighted by Crippen LogP contribution is -2.39. The minimum absolute atomic E-state index is 0.447. The van der Waals surface area contributed by atoms with E-state index in [4.69, 9.17) is 0 Å². The molecule has 0 saturated carbocycles. The third kappa shape index (κ3) is 5.49. The molecule has 3 atom stereocenters. The number of nitrogens with zero attached hydrogens (tertiary/aromatic N) is 4. The van der Waals surface area contributed by atoms with E-state index in [1.807, 2.05) is 12.4 Å². The summed E-state index contributed by atoms with van der Waals surface area (Å²) in [6, 6.07) is 17.4. The molecule has 0 spiro atoms. The van der Waals surface area contributed by atoms with Gasteiger partial charge < -0.3 is 0 Å². The largest absolute Gasteiger partial charge is 0.296 e. The maximum Gasteiger partial charge on any atom is 0.115 e. The number of fused-ring (bicyclic) bond motifs is 2. The van der Waals surface area contributed by atoms with E-state index < -0.39 is 0 Å². The van der Waals surface area contributed by atoms with Crippen LogP contribution >= 0.6 is 0 Å². The summed E-state index contributed by atoms with van der Waals surface area (Å²) in [7, 11) is 0. The van der Waals surface area contributed by atoms with Crippen molar-refractivity contribution in [1.82, 2.24) is 19.8 Å². The maximum absolute atomic E-state index is 4.25. The van der Waals surface area contributed by atoms with Gasteiger partial charge in [0.25, 0.3) is 0 Å². The zero-order valence-electron chi connectivity index (χ0n) is 21.8. The van der Waals surface area contributed by atoms with Crippen LogP contribution in [0.2, 0.25) is 0 Å². The molecule has 184 valence electrons. The van der Waals surface area contributed by atoms with Crippen molar-refractivity contribution < 1.29 is 0 Å². The summed E-state index contributed by atoms with van der Waals surface area (Å²) in [4.78, 5) is 13.8. The Bertz CT molecular complexity index is 1130. The molecule has 35 heavy (non-hydrogen) atoms. The van der Waals surface area contributed by atoms with E-state index in [1.165, 1.54) is 34.2 Å². The molecule has 3 heterocycles. The van der Waals surface area contributed by atoms with Gasteiger partial charge in [0.1, 0.15) is 6.33 Å². The first-order chi connectivity index (χ1) is 17.0. The van der Waals surface area contributed by atoms with Gasteiger partial charge in [0.15, 0.2) is 0 Å². The molecule has 0 aliphatic carbocycles. The molecule has 5 rings (SSSR count). The fourth-order valence-electron chi connectivity index (χ4n) is 6.07. The highest BCUT2D eigenvalue weighted by Gasteiger charge is 2.29. The van der Waals surface area contributed by atoms with Crippen LogP contribution in [0.5, 0.6) is 0 Å². The average Bonchev–Trinajstić information content (AvgIpc) is 2.88. The Hall–Kier alpha value is -2.56. The Labute approximate surface area is 211 Å². The minimum Gasteiger partial charge on any atom is -0.296 e. The number of rotatable bonds is 7. The molecule has 0 bridgehead atoms. The Morgan fingerprint density at radius 3 is 2.40 bits per heavy atom. The summed E-state index contributed by atoms with van der Waals surface area (Å²) >= 11 is 0. The molecule has 4 nitrogen and oxygen atoms in total. The van der Waals surface area contributed by atoms with E-state index in [-0.39, 0.29) is 0 Å². The summed E-state index contributed by atoms with van der Waals surface area (Å²) in [5.74, 6) is 0.990. The summed E-state index contributed by atoms with van der Waals surface area (Å²) in [6.45, 7) is 13.8. The van der Waals surface area contributed by atoms with Crippen molar-refractivity contribution >= 4 is 0 Å². The number of aromatic nitrogens is 2. The van der Waals surface area contributed by atoms with Crippen molar-refractivity contribution in [3.8, 4) is 0 Å². The topological polar surface area (TPSA) is 32.3 Å². The average molecular weight is 469 g/mol. The Balaban J connectivity index is 1.32. The van der Waals surface area contributed by atoms with Gasteiger partial charge >= 0.3 is 0 Å². The van der Waals surface area contributed by atoms with Crippen LogP contribution in [0.3, 0.4) is 0 Å². The molecule has 2 unspecified atom stereocenters. The second-order valence-corrected chi connectivity index (χ2v) is 11.1. The lowest BCUT2D eigenvalue weighted by Gasteiger charge is -2.38. The summed E-state index contributed by atoms with van der Waals surface area (Å²) in [6.07, 6.45) is 8.99. The predicted octanol–water partition coefficient (Wildman–Crippen LogP) is 5.97. The van der Waals surface area contributed by atoms with Crippen molar-refractivity contribution in [2.45, 2.75) is 84.0 Å². The van der Waals surface area contributed by atoms with E-state index in [1.54, 1.807) is 11.9 Å². The molecule has 2 aromatic carbocycles. The molecule has 1 aromatic heterocycles. The quantitative estimate of drug-likeness (QED) is 0.428. The lowest BCUT2D eigenvalue weighted by molar-refractivity contribution is 0.177. The molecule has 0 fully saturated rings. The van der Waals surface area contributed by atoms with Crippen LogP contribution in [0.4, 0.5) is 0 Å². The highest BCUT2D eigenvalue weighted by Crippen LogP contribution is 2.37. The van der Waals surface area contributed by atoms with Crippen LogP contribution in [0.25, 0.3) is 0 Å². The third-order valence-electron chi connectivity index (χ3n) is 8.31. The van der Waals surface area contributed by atoms with Gasteiger partial charge in [-0.2, -0.15) is 0 Å². The molecular formula is C31H40N4. The zero-order chi connectivity index (χ0) is 24.4. The molecule has 0 N–H and O–H groups in total. The highest BCUT2D eigenvalue weighted by molar-refractivity contribution is 5.38. The SMILES string of the molecule is CC(C)N1Cc2cc(CC(C)N3CCc4ccccc4C3)ccc2C(C[C@H](C)c2cncnc2)C1. The fourth-order valence-corrected chi connectivity index (χ4v) is 6.07. The molecule has 0 amide bonds. The van der Waals surface area contributed by atoms with Gasteiger partial charge in [-0.15, -0.1) is 0 Å². The summed E-state index contributed by atoms with van der Waals surface area (Å²) in [5, 5.41) is 0. The van der Waals surface area contributed by atoms with Crippen molar-refractivity contribution in [3.05, 3.63) is 94.6 Å². The van der Waals surface area contributed by atoms with E-state index in [2.05, 4.69) is 89.9 Å². The Kier molecular flexibility index (Phi) is 7.31. The van der Waals surface area contributed by atoms with Gasteiger partial charge in [0.05, 0.1) is 0 Å². The fraction of sp³-hybridized carbons (Fsp3) is 0.484. The maximum atomic E-state index is 4.25. The van der Waals surface area contributed by atoms with Crippen molar-refractivity contribution in [2.75, 3.05) is 13.1 Å². The monoisotopic (exact) mass is 468 g/mol. The van der Waals surface area contributed by atoms with Crippen molar-refractivity contribution in [1.29, 1.82) is 0 Å². The third-order valence-corrected chi connectivity index (χ3v) is 8.31. The Morgan fingerprint density at radius 2 is 1.63 bits per heavy atom. The number of benzene rings is 2. The Morgan fingerprint density at radius 1 is 0.886 bits per heavy atom. The first-order valence-corrected chi connectivity index (χ1v) is 13.4. The molecule has 0 saturated heterocycles.